The number of benzene rings is 4. The van der Waals surface area contributed by atoms with E-state index >= 15 is 0 Å². The number of hydrogen-bond acceptors (Lipinski definition) is 6. The predicted octanol–water partition coefficient (Wildman–Crippen LogP) is 9.19. The van der Waals surface area contributed by atoms with E-state index in [1.807, 2.05) is 36.4 Å². The van der Waals surface area contributed by atoms with Crippen LogP contribution in [0.3, 0.4) is 0 Å². The van der Waals surface area contributed by atoms with Crippen LogP contribution in [-0.4, -0.2) is 40.4 Å². The molecule has 4 rings (SSSR count). The number of methoxy groups -OCH3 is 4. The van der Waals surface area contributed by atoms with Crippen molar-refractivity contribution >= 4 is 11.9 Å². The van der Waals surface area contributed by atoms with Crippen molar-refractivity contribution in [2.75, 3.05) is 28.4 Å². The molecule has 0 atom stereocenters. The van der Waals surface area contributed by atoms with Gasteiger partial charge >= 0.3 is 11.9 Å². The van der Waals surface area contributed by atoms with Gasteiger partial charge in [0.15, 0.2) is 0 Å². The van der Waals surface area contributed by atoms with E-state index in [2.05, 4.69) is 77.9 Å². The first-order valence-electron chi connectivity index (χ1n) is 15.6. The monoisotopic (exact) mass is 622 g/mol. The largest absolute Gasteiger partial charge is 0.496 e. The number of hydrogen-bond donors (Lipinski definition) is 0. The molecule has 46 heavy (non-hydrogen) atoms. The SMILES string of the molecule is CCC(C)(C)c1ccc(-c2ccc(C(C)(C)C)cc2-c2ccc(OC)c(C(=O)OC)c2)c(Cc2ccc(OC)c(C(=O)OC)c2)c1. The summed E-state index contributed by atoms with van der Waals surface area (Å²) in [4.78, 5) is 25.4. The summed E-state index contributed by atoms with van der Waals surface area (Å²) in [6.45, 7) is 13.3. The minimum atomic E-state index is -0.458. The van der Waals surface area contributed by atoms with Crippen molar-refractivity contribution in [2.24, 2.45) is 0 Å². The Morgan fingerprint density at radius 2 is 1.17 bits per heavy atom. The standard InChI is InChI=1S/C40H46O6/c1-11-40(5,6)29-15-16-30(27(22-29)20-25-12-18-35(43-7)33(21-25)37(41)45-9)31-17-14-28(39(2,3)4)24-32(31)26-13-19-36(44-8)34(23-26)38(42)46-10/h12-19,21-24H,11,20H2,1-10H3. The minimum absolute atomic E-state index is 0.0330. The van der Waals surface area contributed by atoms with Crippen LogP contribution >= 0.6 is 0 Å². The summed E-state index contributed by atoms with van der Waals surface area (Å²) in [5.74, 6) is 0.0234. The maximum atomic E-state index is 12.8. The molecule has 0 bridgehead atoms. The molecule has 0 fully saturated rings. The number of carbonyl (C=O) groups excluding carboxylic acids is 2. The molecule has 0 saturated carbocycles. The van der Waals surface area contributed by atoms with Crippen molar-refractivity contribution in [3.05, 3.63) is 106 Å². The van der Waals surface area contributed by atoms with Gasteiger partial charge in [-0.05, 0) is 92.4 Å². The van der Waals surface area contributed by atoms with Crippen LogP contribution in [0.5, 0.6) is 11.5 Å². The summed E-state index contributed by atoms with van der Waals surface area (Å²) in [6.07, 6.45) is 1.56. The van der Waals surface area contributed by atoms with Crippen LogP contribution in [0.15, 0.2) is 72.8 Å². The zero-order valence-corrected chi connectivity index (χ0v) is 28.8. The van der Waals surface area contributed by atoms with Gasteiger partial charge in [-0.25, -0.2) is 9.59 Å². The normalized spacial score (nSPS) is 11.6. The van der Waals surface area contributed by atoms with Gasteiger partial charge in [0.25, 0.3) is 0 Å². The smallest absolute Gasteiger partial charge is 0.341 e. The van der Waals surface area contributed by atoms with Gasteiger partial charge in [-0.2, -0.15) is 0 Å². The zero-order chi connectivity index (χ0) is 33.8. The van der Waals surface area contributed by atoms with Gasteiger partial charge in [0.05, 0.1) is 28.4 Å². The second-order valence-corrected chi connectivity index (χ2v) is 13.2. The van der Waals surface area contributed by atoms with Crippen molar-refractivity contribution < 1.29 is 28.5 Å². The summed E-state index contributed by atoms with van der Waals surface area (Å²) >= 11 is 0. The molecule has 0 amide bonds. The Kier molecular flexibility index (Phi) is 10.3. The van der Waals surface area contributed by atoms with Crippen LogP contribution in [0.4, 0.5) is 0 Å². The molecule has 0 aliphatic heterocycles. The molecule has 0 aliphatic carbocycles. The fraction of sp³-hybridized carbons (Fsp3) is 0.350. The molecule has 0 N–H and O–H groups in total. The van der Waals surface area contributed by atoms with Crippen LogP contribution in [0.2, 0.25) is 0 Å². The highest BCUT2D eigenvalue weighted by molar-refractivity contribution is 5.96. The van der Waals surface area contributed by atoms with Crippen molar-refractivity contribution in [1.82, 2.24) is 0 Å². The van der Waals surface area contributed by atoms with Gasteiger partial charge in [-0.1, -0.05) is 90.1 Å². The zero-order valence-electron chi connectivity index (χ0n) is 28.8. The third-order valence-corrected chi connectivity index (χ3v) is 8.93. The first-order chi connectivity index (χ1) is 21.8. The first kappa shape index (κ1) is 34.3. The molecule has 0 unspecified atom stereocenters. The van der Waals surface area contributed by atoms with Gasteiger partial charge in [-0.15, -0.1) is 0 Å². The highest BCUT2D eigenvalue weighted by Gasteiger charge is 2.24. The van der Waals surface area contributed by atoms with Crippen LogP contribution in [-0.2, 0) is 26.7 Å². The van der Waals surface area contributed by atoms with E-state index in [0.717, 1.165) is 39.8 Å². The van der Waals surface area contributed by atoms with E-state index < -0.39 is 11.9 Å². The third kappa shape index (κ3) is 7.12. The molecule has 242 valence electrons. The molecule has 4 aromatic rings. The van der Waals surface area contributed by atoms with E-state index in [-0.39, 0.29) is 10.8 Å². The molecule has 0 spiro atoms. The summed E-state index contributed by atoms with van der Waals surface area (Å²) in [5, 5.41) is 0. The maximum Gasteiger partial charge on any atom is 0.341 e. The maximum absolute atomic E-state index is 12.8. The van der Waals surface area contributed by atoms with E-state index in [4.69, 9.17) is 18.9 Å². The quantitative estimate of drug-likeness (QED) is 0.164. The highest BCUT2D eigenvalue weighted by Crippen LogP contribution is 2.41. The van der Waals surface area contributed by atoms with Crippen LogP contribution in [0.25, 0.3) is 22.3 Å². The fourth-order valence-electron chi connectivity index (χ4n) is 5.61. The van der Waals surface area contributed by atoms with Crippen LogP contribution < -0.4 is 9.47 Å². The van der Waals surface area contributed by atoms with E-state index in [9.17, 15) is 9.59 Å². The summed E-state index contributed by atoms with van der Waals surface area (Å²) in [6, 6.07) is 24.6. The first-order valence-corrected chi connectivity index (χ1v) is 15.6. The molecule has 0 aliphatic rings. The Morgan fingerprint density at radius 1 is 0.609 bits per heavy atom. The number of rotatable bonds is 10. The summed E-state index contributed by atoms with van der Waals surface area (Å²) < 4.78 is 21.1. The molecule has 0 heterocycles. The Bertz CT molecular complexity index is 1740. The van der Waals surface area contributed by atoms with Gasteiger partial charge in [0.1, 0.15) is 22.6 Å². The van der Waals surface area contributed by atoms with Gasteiger partial charge in [0, 0.05) is 0 Å². The molecule has 6 heteroatoms. The van der Waals surface area contributed by atoms with Crippen LogP contribution in [0, 0.1) is 0 Å². The van der Waals surface area contributed by atoms with Gasteiger partial charge in [0.2, 0.25) is 0 Å². The van der Waals surface area contributed by atoms with Crippen molar-refractivity contribution in [3.8, 4) is 33.8 Å². The number of ether oxygens (including phenoxy) is 4. The Morgan fingerprint density at radius 3 is 1.74 bits per heavy atom. The van der Waals surface area contributed by atoms with Crippen molar-refractivity contribution in [3.63, 3.8) is 0 Å². The molecule has 0 saturated heterocycles. The minimum Gasteiger partial charge on any atom is -0.496 e. The molecule has 0 radical (unpaired) electrons. The molecular weight excluding hydrogens is 576 g/mol. The topological polar surface area (TPSA) is 71.1 Å². The lowest BCUT2D eigenvalue weighted by molar-refractivity contribution is 0.0588. The van der Waals surface area contributed by atoms with E-state index in [1.165, 1.54) is 25.3 Å². The average Bonchev–Trinajstić information content (AvgIpc) is 3.06. The fourth-order valence-corrected chi connectivity index (χ4v) is 5.61. The second-order valence-electron chi connectivity index (χ2n) is 13.2. The summed E-state index contributed by atoms with van der Waals surface area (Å²) in [5.41, 5.74) is 9.07. The molecule has 4 aromatic carbocycles. The third-order valence-electron chi connectivity index (χ3n) is 8.93. The van der Waals surface area contributed by atoms with Crippen molar-refractivity contribution in [2.45, 2.75) is 65.2 Å². The van der Waals surface area contributed by atoms with Crippen LogP contribution in [0.1, 0.15) is 90.9 Å². The lowest BCUT2D eigenvalue weighted by atomic mass is 9.78. The Labute approximate surface area is 273 Å². The van der Waals surface area contributed by atoms with Gasteiger partial charge in [-0.3, -0.25) is 0 Å². The lowest BCUT2D eigenvalue weighted by Gasteiger charge is -2.26. The highest BCUT2D eigenvalue weighted by atomic mass is 16.5. The Hall–Kier alpha value is -4.58. The number of carbonyl (C=O) groups is 2. The Balaban J connectivity index is 2.00. The van der Waals surface area contributed by atoms with E-state index in [1.54, 1.807) is 14.2 Å². The van der Waals surface area contributed by atoms with Crippen molar-refractivity contribution in [1.29, 1.82) is 0 Å². The average molecular weight is 623 g/mol. The molecular formula is C40H46O6. The summed E-state index contributed by atoms with van der Waals surface area (Å²) in [7, 11) is 5.83. The van der Waals surface area contributed by atoms with E-state index in [0.29, 0.717) is 29.0 Å². The lowest BCUT2D eigenvalue weighted by Crippen LogP contribution is -2.16. The number of esters is 2. The predicted molar refractivity (Wildman–Crippen MR) is 184 cm³/mol. The molecule has 0 aromatic heterocycles. The van der Waals surface area contributed by atoms with Gasteiger partial charge < -0.3 is 18.9 Å². The second kappa shape index (κ2) is 13.8. The molecule has 6 nitrogen and oxygen atoms in total.